The van der Waals surface area contributed by atoms with Crippen molar-refractivity contribution in [2.24, 2.45) is 5.73 Å². The largest absolute Gasteiger partial charge is 0.324 e. The molecule has 2 N–H and O–H groups in total. The molecule has 94 valence electrons. The van der Waals surface area contributed by atoms with Gasteiger partial charge < -0.3 is 5.73 Å². The van der Waals surface area contributed by atoms with Gasteiger partial charge in [-0.25, -0.2) is 0 Å². The minimum atomic E-state index is 0.0380. The first-order chi connectivity index (χ1) is 8.56. The second kappa shape index (κ2) is 6.24. The molecule has 1 atom stereocenters. The molecular formula is C14H13Br2NS. The number of rotatable bonds is 3. The molecule has 0 saturated carbocycles. The van der Waals surface area contributed by atoms with Crippen LogP contribution in [0.15, 0.2) is 61.2 Å². The van der Waals surface area contributed by atoms with Gasteiger partial charge in [-0.15, -0.1) is 0 Å². The summed E-state index contributed by atoms with van der Waals surface area (Å²) in [5, 5.41) is 0. The number of hydrogen-bond donors (Lipinski definition) is 1. The molecule has 4 heteroatoms. The molecule has 0 spiro atoms. The van der Waals surface area contributed by atoms with Crippen LogP contribution in [0, 0.1) is 0 Å². The second-order valence-corrected chi connectivity index (χ2v) is 6.97. The zero-order chi connectivity index (χ0) is 13.1. The van der Waals surface area contributed by atoms with Gasteiger partial charge >= 0.3 is 0 Å². The van der Waals surface area contributed by atoms with Crippen molar-refractivity contribution in [2.45, 2.75) is 22.8 Å². The van der Waals surface area contributed by atoms with E-state index in [0.29, 0.717) is 0 Å². The van der Waals surface area contributed by atoms with Crippen LogP contribution in [0.5, 0.6) is 0 Å². The minimum absolute atomic E-state index is 0.0380. The summed E-state index contributed by atoms with van der Waals surface area (Å²) in [5.74, 6) is 0. The van der Waals surface area contributed by atoms with Gasteiger partial charge in [-0.2, -0.15) is 0 Å². The first-order valence-corrected chi connectivity index (χ1v) is 7.95. The molecular weight excluding hydrogens is 374 g/mol. The predicted octanol–water partition coefficient (Wildman–Crippen LogP) is 5.38. The Morgan fingerprint density at radius 2 is 1.61 bits per heavy atom. The molecule has 0 aliphatic rings. The van der Waals surface area contributed by atoms with Crippen LogP contribution >= 0.6 is 43.6 Å². The van der Waals surface area contributed by atoms with E-state index in [9.17, 15) is 0 Å². The molecule has 0 aromatic heterocycles. The summed E-state index contributed by atoms with van der Waals surface area (Å²) in [6, 6.07) is 14.6. The maximum absolute atomic E-state index is 6.01. The summed E-state index contributed by atoms with van der Waals surface area (Å²) in [6.45, 7) is 2.01. The molecule has 2 aromatic carbocycles. The fraction of sp³-hybridized carbons (Fsp3) is 0.143. The summed E-state index contributed by atoms with van der Waals surface area (Å²) in [7, 11) is 0. The highest BCUT2D eigenvalue weighted by Crippen LogP contribution is 2.35. The normalized spacial score (nSPS) is 12.4. The summed E-state index contributed by atoms with van der Waals surface area (Å²) in [6.07, 6.45) is 0. The van der Waals surface area contributed by atoms with Gasteiger partial charge in [0.05, 0.1) is 0 Å². The Morgan fingerprint density at radius 1 is 1.00 bits per heavy atom. The van der Waals surface area contributed by atoms with Gasteiger partial charge in [0.1, 0.15) is 0 Å². The summed E-state index contributed by atoms with van der Waals surface area (Å²) in [4.78, 5) is 2.40. The van der Waals surface area contributed by atoms with Gasteiger partial charge in [-0.3, -0.25) is 0 Å². The lowest BCUT2D eigenvalue weighted by molar-refractivity contribution is 0.797. The van der Waals surface area contributed by atoms with Crippen LogP contribution in [0.2, 0.25) is 0 Å². The van der Waals surface area contributed by atoms with E-state index >= 15 is 0 Å². The molecule has 0 bridgehead atoms. The van der Waals surface area contributed by atoms with Crippen LogP contribution in [0.25, 0.3) is 0 Å². The van der Waals surface area contributed by atoms with Gasteiger partial charge in [0, 0.05) is 24.8 Å². The number of nitrogens with two attached hydrogens (primary N) is 1. The van der Waals surface area contributed by atoms with E-state index in [-0.39, 0.29) is 6.04 Å². The fourth-order valence-electron chi connectivity index (χ4n) is 1.60. The van der Waals surface area contributed by atoms with E-state index in [1.807, 2.05) is 25.1 Å². The van der Waals surface area contributed by atoms with Gasteiger partial charge in [-0.1, -0.05) is 49.7 Å². The van der Waals surface area contributed by atoms with E-state index in [4.69, 9.17) is 5.73 Å². The zero-order valence-electron chi connectivity index (χ0n) is 9.86. The first kappa shape index (κ1) is 14.1. The minimum Gasteiger partial charge on any atom is -0.324 e. The lowest BCUT2D eigenvalue weighted by Crippen LogP contribution is -2.06. The Morgan fingerprint density at radius 3 is 2.22 bits per heavy atom. The second-order valence-electron chi connectivity index (χ2n) is 4.03. The molecule has 18 heavy (non-hydrogen) atoms. The van der Waals surface area contributed by atoms with Crippen molar-refractivity contribution in [3.8, 4) is 0 Å². The smallest absolute Gasteiger partial charge is 0.0277 e. The van der Waals surface area contributed by atoms with Crippen LogP contribution in [-0.4, -0.2) is 0 Å². The van der Waals surface area contributed by atoms with Crippen LogP contribution in [0.3, 0.4) is 0 Å². The third-order valence-electron chi connectivity index (χ3n) is 2.51. The highest BCUT2D eigenvalue weighted by atomic mass is 79.9. The monoisotopic (exact) mass is 385 g/mol. The lowest BCUT2D eigenvalue weighted by atomic mass is 10.1. The maximum Gasteiger partial charge on any atom is 0.0277 e. The Kier molecular flexibility index (Phi) is 4.90. The SMILES string of the molecule is CC(N)c1ccc(Br)cc1Sc1ccc(Br)cc1. The third-order valence-corrected chi connectivity index (χ3v) is 4.61. The van der Waals surface area contributed by atoms with Crippen LogP contribution < -0.4 is 5.73 Å². The molecule has 0 aliphatic carbocycles. The number of hydrogen-bond acceptors (Lipinski definition) is 2. The van der Waals surface area contributed by atoms with E-state index in [1.54, 1.807) is 11.8 Å². The molecule has 2 rings (SSSR count). The summed E-state index contributed by atoms with van der Waals surface area (Å²) >= 11 is 8.69. The molecule has 0 amide bonds. The first-order valence-electron chi connectivity index (χ1n) is 5.54. The van der Waals surface area contributed by atoms with Crippen molar-refractivity contribution in [3.05, 3.63) is 57.0 Å². The average molecular weight is 387 g/mol. The van der Waals surface area contributed by atoms with Crippen molar-refractivity contribution in [2.75, 3.05) is 0 Å². The Balaban J connectivity index is 2.32. The van der Waals surface area contributed by atoms with Crippen molar-refractivity contribution in [1.82, 2.24) is 0 Å². The summed E-state index contributed by atoms with van der Waals surface area (Å²) < 4.78 is 2.17. The zero-order valence-corrected chi connectivity index (χ0v) is 13.8. The van der Waals surface area contributed by atoms with E-state index < -0.39 is 0 Å². The Hall–Kier alpha value is -0.290. The quantitative estimate of drug-likeness (QED) is 0.765. The molecule has 2 aromatic rings. The summed E-state index contributed by atoms with van der Waals surface area (Å²) in [5.41, 5.74) is 7.18. The highest BCUT2D eigenvalue weighted by molar-refractivity contribution is 9.10. The topological polar surface area (TPSA) is 26.0 Å². The predicted molar refractivity (Wildman–Crippen MR) is 85.0 cm³/mol. The van der Waals surface area contributed by atoms with Gasteiger partial charge in [0.15, 0.2) is 0 Å². The van der Waals surface area contributed by atoms with Gasteiger partial charge in [0.25, 0.3) is 0 Å². The van der Waals surface area contributed by atoms with E-state index in [1.165, 1.54) is 15.4 Å². The molecule has 0 heterocycles. The van der Waals surface area contributed by atoms with Crippen molar-refractivity contribution in [1.29, 1.82) is 0 Å². The maximum atomic E-state index is 6.01. The standard InChI is InChI=1S/C14H13Br2NS/c1-9(17)13-7-4-11(16)8-14(13)18-12-5-2-10(15)3-6-12/h2-9H,17H2,1H3. The van der Waals surface area contributed by atoms with Gasteiger partial charge in [-0.05, 0) is 48.9 Å². The Labute approximate surface area is 128 Å². The molecule has 0 aliphatic heterocycles. The van der Waals surface area contributed by atoms with Crippen LogP contribution in [-0.2, 0) is 0 Å². The van der Waals surface area contributed by atoms with E-state index in [2.05, 4.69) is 56.1 Å². The highest BCUT2D eigenvalue weighted by Gasteiger charge is 2.09. The molecule has 0 fully saturated rings. The van der Waals surface area contributed by atoms with Crippen LogP contribution in [0.4, 0.5) is 0 Å². The van der Waals surface area contributed by atoms with Crippen molar-refractivity contribution < 1.29 is 0 Å². The third kappa shape index (κ3) is 3.60. The molecule has 1 nitrogen and oxygen atoms in total. The number of benzene rings is 2. The lowest BCUT2D eigenvalue weighted by Gasteiger charge is -2.12. The Bertz CT molecular complexity index is 538. The number of halogens is 2. The van der Waals surface area contributed by atoms with Crippen molar-refractivity contribution >= 4 is 43.6 Å². The van der Waals surface area contributed by atoms with Gasteiger partial charge in [0.2, 0.25) is 0 Å². The fourth-order valence-corrected chi connectivity index (χ4v) is 3.46. The van der Waals surface area contributed by atoms with Crippen LogP contribution in [0.1, 0.15) is 18.5 Å². The molecule has 1 unspecified atom stereocenters. The average Bonchev–Trinajstić information content (AvgIpc) is 2.32. The molecule has 0 saturated heterocycles. The van der Waals surface area contributed by atoms with E-state index in [0.717, 1.165) is 8.95 Å². The molecule has 0 radical (unpaired) electrons. The van der Waals surface area contributed by atoms with Crippen molar-refractivity contribution in [3.63, 3.8) is 0 Å².